The highest BCUT2D eigenvalue weighted by atomic mass is 16.5. The summed E-state index contributed by atoms with van der Waals surface area (Å²) in [4.78, 5) is 24.1. The first-order valence-corrected chi connectivity index (χ1v) is 8.13. The number of hydrogen-bond donors (Lipinski definition) is 2. The molecule has 0 saturated carbocycles. The van der Waals surface area contributed by atoms with Crippen LogP contribution in [0.5, 0.6) is 0 Å². The van der Waals surface area contributed by atoms with Crippen LogP contribution in [0.2, 0.25) is 0 Å². The van der Waals surface area contributed by atoms with Gasteiger partial charge in [-0.05, 0) is 25.8 Å². The predicted octanol–water partition coefficient (Wildman–Crippen LogP) is 1.92. The summed E-state index contributed by atoms with van der Waals surface area (Å²) in [6.07, 6.45) is 2.38. The summed E-state index contributed by atoms with van der Waals surface area (Å²) in [6.45, 7) is 6.72. The van der Waals surface area contributed by atoms with E-state index in [4.69, 9.17) is 4.74 Å². The van der Waals surface area contributed by atoms with Crippen molar-refractivity contribution < 1.29 is 19.4 Å². The van der Waals surface area contributed by atoms with Gasteiger partial charge in [0.15, 0.2) is 0 Å². The Balaban J connectivity index is 2.20. The van der Waals surface area contributed by atoms with Gasteiger partial charge in [-0.15, -0.1) is 0 Å². The van der Waals surface area contributed by atoms with Crippen molar-refractivity contribution >= 4 is 11.9 Å². The number of amides is 1. The molecule has 7 heteroatoms. The van der Waals surface area contributed by atoms with Gasteiger partial charge in [-0.2, -0.15) is 5.10 Å². The van der Waals surface area contributed by atoms with Gasteiger partial charge < -0.3 is 15.2 Å². The maximum atomic E-state index is 12.5. The third-order valence-electron chi connectivity index (χ3n) is 4.55. The van der Waals surface area contributed by atoms with Crippen LogP contribution in [-0.4, -0.2) is 45.5 Å². The van der Waals surface area contributed by atoms with Crippen LogP contribution in [0.25, 0.3) is 0 Å². The molecule has 1 saturated heterocycles. The fourth-order valence-corrected chi connectivity index (χ4v) is 3.00. The second kappa shape index (κ2) is 7.12. The molecule has 7 nitrogen and oxygen atoms in total. The van der Waals surface area contributed by atoms with Crippen molar-refractivity contribution in [1.29, 1.82) is 0 Å². The molecule has 0 radical (unpaired) electrons. The van der Waals surface area contributed by atoms with Gasteiger partial charge in [0.25, 0.3) is 5.91 Å². The average molecular weight is 323 g/mol. The van der Waals surface area contributed by atoms with E-state index in [1.807, 2.05) is 11.6 Å². The van der Waals surface area contributed by atoms with Crippen molar-refractivity contribution in [2.45, 2.75) is 58.0 Å². The maximum Gasteiger partial charge on any atom is 0.329 e. The van der Waals surface area contributed by atoms with Crippen LogP contribution < -0.4 is 5.32 Å². The minimum atomic E-state index is -1.26. The smallest absolute Gasteiger partial charge is 0.329 e. The minimum Gasteiger partial charge on any atom is -0.480 e. The number of aliphatic carboxylic acids is 1. The number of aromatic nitrogens is 2. The molecule has 0 aromatic carbocycles. The highest BCUT2D eigenvalue weighted by Gasteiger charge is 2.42. The first kappa shape index (κ1) is 17.5. The van der Waals surface area contributed by atoms with Crippen LogP contribution in [0, 0.1) is 6.92 Å². The third-order valence-corrected chi connectivity index (χ3v) is 4.55. The van der Waals surface area contributed by atoms with Crippen LogP contribution in [0.4, 0.5) is 0 Å². The Labute approximate surface area is 136 Å². The van der Waals surface area contributed by atoms with E-state index < -0.39 is 17.4 Å². The van der Waals surface area contributed by atoms with E-state index >= 15 is 0 Å². The first-order chi connectivity index (χ1) is 10.9. The Morgan fingerprint density at radius 1 is 1.39 bits per heavy atom. The molecule has 1 fully saturated rings. The third kappa shape index (κ3) is 3.55. The van der Waals surface area contributed by atoms with Crippen LogP contribution >= 0.6 is 0 Å². The van der Waals surface area contributed by atoms with Crippen molar-refractivity contribution in [2.75, 3.05) is 13.2 Å². The highest BCUT2D eigenvalue weighted by Crippen LogP contribution is 2.23. The Kier molecular flexibility index (Phi) is 5.41. The molecule has 128 valence electrons. The van der Waals surface area contributed by atoms with Crippen molar-refractivity contribution in [1.82, 2.24) is 15.1 Å². The lowest BCUT2D eigenvalue weighted by atomic mass is 9.90. The second-order valence-corrected chi connectivity index (χ2v) is 6.04. The lowest BCUT2D eigenvalue weighted by molar-refractivity contribution is -0.148. The van der Waals surface area contributed by atoms with Crippen LogP contribution in [0.15, 0.2) is 6.07 Å². The molecule has 1 amide bonds. The summed E-state index contributed by atoms with van der Waals surface area (Å²) in [5, 5.41) is 16.6. The molecule has 1 aromatic rings. The standard InChI is InChI=1S/C16H25N3O4/c1-4-12(5-2)19-11(3)10-13(18-19)14(20)17-16(15(21)22)6-8-23-9-7-16/h10,12H,4-9H2,1-3H3,(H,17,20)(H,21,22). The fourth-order valence-electron chi connectivity index (χ4n) is 3.00. The number of carboxylic acid groups (broad SMARTS) is 1. The Hall–Kier alpha value is -1.89. The molecule has 2 N–H and O–H groups in total. The number of nitrogens with one attached hydrogen (secondary N) is 1. The van der Waals surface area contributed by atoms with Crippen LogP contribution in [0.3, 0.4) is 0 Å². The van der Waals surface area contributed by atoms with Crippen molar-refractivity contribution in [2.24, 2.45) is 0 Å². The summed E-state index contributed by atoms with van der Waals surface area (Å²) in [5.41, 5.74) is -0.0937. The summed E-state index contributed by atoms with van der Waals surface area (Å²) in [6, 6.07) is 1.95. The number of rotatable bonds is 6. The minimum absolute atomic E-state index is 0.244. The molecule has 1 aliphatic rings. The van der Waals surface area contributed by atoms with E-state index in [1.165, 1.54) is 0 Å². The number of nitrogens with zero attached hydrogens (tertiary/aromatic N) is 2. The molecule has 0 spiro atoms. The summed E-state index contributed by atoms with van der Waals surface area (Å²) >= 11 is 0. The maximum absolute atomic E-state index is 12.5. The van der Waals surface area contributed by atoms with E-state index in [9.17, 15) is 14.7 Å². The molecule has 1 aliphatic heterocycles. The quantitative estimate of drug-likeness (QED) is 0.834. The Bertz CT molecular complexity index is 572. The topological polar surface area (TPSA) is 93.5 Å². The van der Waals surface area contributed by atoms with E-state index in [-0.39, 0.29) is 24.6 Å². The van der Waals surface area contributed by atoms with Gasteiger partial charge in [-0.25, -0.2) is 4.79 Å². The van der Waals surface area contributed by atoms with Gasteiger partial charge >= 0.3 is 5.97 Å². The van der Waals surface area contributed by atoms with Crippen LogP contribution in [0.1, 0.15) is 61.8 Å². The number of aryl methyl sites for hydroxylation is 1. The van der Waals surface area contributed by atoms with E-state index in [0.29, 0.717) is 13.2 Å². The zero-order valence-corrected chi connectivity index (χ0v) is 14.0. The van der Waals surface area contributed by atoms with Gasteiger partial charge in [0.1, 0.15) is 11.2 Å². The van der Waals surface area contributed by atoms with E-state index in [0.717, 1.165) is 18.5 Å². The van der Waals surface area contributed by atoms with Crippen molar-refractivity contribution in [3.63, 3.8) is 0 Å². The first-order valence-electron chi connectivity index (χ1n) is 8.13. The molecule has 2 heterocycles. The molecule has 0 aliphatic carbocycles. The molecular weight excluding hydrogens is 298 g/mol. The summed E-state index contributed by atoms with van der Waals surface area (Å²) in [7, 11) is 0. The number of carbonyl (C=O) groups is 2. The van der Waals surface area contributed by atoms with Gasteiger partial charge in [0, 0.05) is 31.7 Å². The number of hydrogen-bond acceptors (Lipinski definition) is 4. The number of ether oxygens (including phenoxy) is 1. The van der Waals surface area contributed by atoms with Crippen LogP contribution in [-0.2, 0) is 9.53 Å². The van der Waals surface area contributed by atoms with E-state index in [1.54, 1.807) is 6.07 Å². The molecule has 0 unspecified atom stereocenters. The normalized spacial score (nSPS) is 17.2. The molecule has 2 rings (SSSR count). The second-order valence-electron chi connectivity index (χ2n) is 6.04. The zero-order valence-electron chi connectivity index (χ0n) is 14.0. The van der Waals surface area contributed by atoms with Gasteiger partial charge in [0.2, 0.25) is 0 Å². The monoisotopic (exact) mass is 323 g/mol. The van der Waals surface area contributed by atoms with Crippen molar-refractivity contribution in [3.8, 4) is 0 Å². The lowest BCUT2D eigenvalue weighted by Gasteiger charge is -2.33. The van der Waals surface area contributed by atoms with E-state index in [2.05, 4.69) is 24.3 Å². The summed E-state index contributed by atoms with van der Waals surface area (Å²) < 4.78 is 7.07. The van der Waals surface area contributed by atoms with Crippen molar-refractivity contribution in [3.05, 3.63) is 17.5 Å². The van der Waals surface area contributed by atoms with Gasteiger partial charge in [-0.1, -0.05) is 13.8 Å². The molecule has 0 bridgehead atoms. The molecular formula is C16H25N3O4. The van der Waals surface area contributed by atoms with Gasteiger partial charge in [-0.3, -0.25) is 9.48 Å². The van der Waals surface area contributed by atoms with Gasteiger partial charge in [0.05, 0.1) is 6.04 Å². The molecule has 1 aromatic heterocycles. The molecule has 0 atom stereocenters. The Morgan fingerprint density at radius 2 is 2.00 bits per heavy atom. The number of carboxylic acids is 1. The Morgan fingerprint density at radius 3 is 2.52 bits per heavy atom. The number of carbonyl (C=O) groups excluding carboxylic acids is 1. The average Bonchev–Trinajstić information content (AvgIpc) is 2.91. The molecule has 23 heavy (non-hydrogen) atoms. The lowest BCUT2D eigenvalue weighted by Crippen LogP contribution is -2.57. The zero-order chi connectivity index (χ0) is 17.0. The summed E-state index contributed by atoms with van der Waals surface area (Å²) in [5.74, 6) is -1.47. The fraction of sp³-hybridized carbons (Fsp3) is 0.688. The predicted molar refractivity (Wildman–Crippen MR) is 84.5 cm³/mol. The largest absolute Gasteiger partial charge is 0.480 e. The SMILES string of the molecule is CCC(CC)n1nc(C(=O)NC2(C(=O)O)CCOCC2)cc1C. The highest BCUT2D eigenvalue weighted by molar-refractivity contribution is 5.96.